The van der Waals surface area contributed by atoms with Gasteiger partial charge in [-0.05, 0) is 53.0 Å². The highest BCUT2D eigenvalue weighted by molar-refractivity contribution is 14.1. The molecule has 0 heterocycles. The van der Waals surface area contributed by atoms with Gasteiger partial charge in [-0.15, -0.1) is 0 Å². The normalized spacial score (nSPS) is 19.5. The van der Waals surface area contributed by atoms with E-state index >= 15 is 0 Å². The third-order valence-electron chi connectivity index (χ3n) is 3.45. The van der Waals surface area contributed by atoms with E-state index in [9.17, 15) is 0 Å². The summed E-state index contributed by atoms with van der Waals surface area (Å²) in [7, 11) is 0. The van der Waals surface area contributed by atoms with Crippen molar-refractivity contribution in [1.82, 2.24) is 0 Å². The van der Waals surface area contributed by atoms with Gasteiger partial charge in [0.05, 0.1) is 0 Å². The van der Waals surface area contributed by atoms with Crippen molar-refractivity contribution in [2.24, 2.45) is 0 Å². The predicted octanol–water partition coefficient (Wildman–Crippen LogP) is 5.12. The molecule has 2 rings (SSSR count). The molecule has 0 unspecified atom stereocenters. The maximum Gasteiger partial charge on any atom is 0.0165 e. The third-order valence-corrected chi connectivity index (χ3v) is 4.43. The van der Waals surface area contributed by atoms with Crippen molar-refractivity contribution >= 4 is 22.6 Å². The van der Waals surface area contributed by atoms with E-state index in [1.165, 1.54) is 48.5 Å². The van der Waals surface area contributed by atoms with Crippen LogP contribution in [0.15, 0.2) is 24.3 Å². The Kier molecular flexibility index (Phi) is 4.48. The SMILES string of the molecule is Ic1ccccc1C1CCCCCCC1. The Bertz CT molecular complexity index is 298. The van der Waals surface area contributed by atoms with E-state index in [2.05, 4.69) is 46.9 Å². The first-order valence-corrected chi connectivity index (χ1v) is 7.20. The average Bonchev–Trinajstić information content (AvgIpc) is 2.19. The molecule has 0 aromatic heterocycles. The Morgan fingerprint density at radius 2 is 1.47 bits per heavy atom. The van der Waals surface area contributed by atoms with Crippen LogP contribution in [0.5, 0.6) is 0 Å². The number of hydrogen-bond donors (Lipinski definition) is 0. The van der Waals surface area contributed by atoms with Crippen molar-refractivity contribution < 1.29 is 0 Å². The van der Waals surface area contributed by atoms with Crippen LogP contribution in [0.3, 0.4) is 0 Å². The molecule has 0 atom stereocenters. The predicted molar refractivity (Wildman–Crippen MR) is 74.2 cm³/mol. The largest absolute Gasteiger partial charge is 0.0619 e. The molecule has 1 heteroatoms. The number of benzene rings is 1. The first kappa shape index (κ1) is 11.4. The average molecular weight is 314 g/mol. The molecule has 82 valence electrons. The standard InChI is InChI=1S/C14H19I/c15-14-11-7-6-10-13(14)12-8-4-2-1-3-5-9-12/h6-7,10-12H,1-5,8-9H2. The second-order valence-corrected chi connectivity index (χ2v) is 5.73. The molecule has 1 fully saturated rings. The van der Waals surface area contributed by atoms with Gasteiger partial charge in [-0.1, -0.05) is 50.3 Å². The fraction of sp³-hybridized carbons (Fsp3) is 0.571. The lowest BCUT2D eigenvalue weighted by atomic mass is 9.86. The molecular formula is C14H19I. The zero-order valence-electron chi connectivity index (χ0n) is 9.21. The van der Waals surface area contributed by atoms with E-state index in [-0.39, 0.29) is 0 Å². The van der Waals surface area contributed by atoms with Gasteiger partial charge < -0.3 is 0 Å². The third kappa shape index (κ3) is 3.20. The maximum atomic E-state index is 2.49. The summed E-state index contributed by atoms with van der Waals surface area (Å²) in [5, 5.41) is 0. The second kappa shape index (κ2) is 5.88. The molecular weight excluding hydrogens is 295 g/mol. The summed E-state index contributed by atoms with van der Waals surface area (Å²) in [6, 6.07) is 8.91. The van der Waals surface area contributed by atoms with Gasteiger partial charge in [0.15, 0.2) is 0 Å². The minimum absolute atomic E-state index is 0.832. The first-order chi connectivity index (χ1) is 7.38. The molecule has 1 saturated carbocycles. The molecule has 0 saturated heterocycles. The lowest BCUT2D eigenvalue weighted by Gasteiger charge is -2.21. The summed E-state index contributed by atoms with van der Waals surface area (Å²) >= 11 is 2.49. The molecule has 0 bridgehead atoms. The Hall–Kier alpha value is -0.0500. The van der Waals surface area contributed by atoms with Gasteiger partial charge in [0, 0.05) is 3.57 Å². The van der Waals surface area contributed by atoms with E-state index in [4.69, 9.17) is 0 Å². The summed E-state index contributed by atoms with van der Waals surface area (Å²) in [4.78, 5) is 0. The monoisotopic (exact) mass is 314 g/mol. The number of halogens is 1. The Morgan fingerprint density at radius 1 is 0.867 bits per heavy atom. The highest BCUT2D eigenvalue weighted by Crippen LogP contribution is 2.33. The van der Waals surface area contributed by atoms with Gasteiger partial charge in [0.1, 0.15) is 0 Å². The summed E-state index contributed by atoms with van der Waals surface area (Å²) in [6.07, 6.45) is 10.0. The van der Waals surface area contributed by atoms with Crippen LogP contribution in [0.1, 0.15) is 56.4 Å². The van der Waals surface area contributed by atoms with Crippen molar-refractivity contribution in [3.05, 3.63) is 33.4 Å². The van der Waals surface area contributed by atoms with Crippen molar-refractivity contribution in [1.29, 1.82) is 0 Å². The topological polar surface area (TPSA) is 0 Å². The smallest absolute Gasteiger partial charge is 0.0165 e. The quantitative estimate of drug-likeness (QED) is 0.631. The van der Waals surface area contributed by atoms with Crippen LogP contribution in [0.4, 0.5) is 0 Å². The maximum absolute atomic E-state index is 2.49. The van der Waals surface area contributed by atoms with Gasteiger partial charge in [-0.25, -0.2) is 0 Å². The van der Waals surface area contributed by atoms with E-state index in [0.717, 1.165) is 5.92 Å². The Balaban J connectivity index is 2.10. The van der Waals surface area contributed by atoms with Crippen LogP contribution in [-0.2, 0) is 0 Å². The van der Waals surface area contributed by atoms with Crippen molar-refractivity contribution in [3.8, 4) is 0 Å². The van der Waals surface area contributed by atoms with Crippen molar-refractivity contribution in [3.63, 3.8) is 0 Å². The second-order valence-electron chi connectivity index (χ2n) is 4.56. The van der Waals surface area contributed by atoms with E-state index in [1.54, 1.807) is 5.56 Å². The fourth-order valence-electron chi connectivity index (χ4n) is 2.57. The molecule has 1 aromatic rings. The molecule has 0 nitrogen and oxygen atoms in total. The lowest BCUT2D eigenvalue weighted by molar-refractivity contribution is 0.454. The highest BCUT2D eigenvalue weighted by Gasteiger charge is 2.15. The molecule has 0 radical (unpaired) electrons. The first-order valence-electron chi connectivity index (χ1n) is 6.12. The van der Waals surface area contributed by atoms with Crippen LogP contribution in [0.2, 0.25) is 0 Å². The number of rotatable bonds is 1. The molecule has 0 N–H and O–H groups in total. The minimum atomic E-state index is 0.832. The van der Waals surface area contributed by atoms with Crippen LogP contribution in [0.25, 0.3) is 0 Å². The molecule has 1 aromatic carbocycles. The molecule has 0 amide bonds. The molecule has 0 spiro atoms. The van der Waals surface area contributed by atoms with Crippen molar-refractivity contribution in [2.45, 2.75) is 50.9 Å². The summed E-state index contributed by atoms with van der Waals surface area (Å²) in [5.41, 5.74) is 1.60. The van der Waals surface area contributed by atoms with Gasteiger partial charge in [-0.3, -0.25) is 0 Å². The lowest BCUT2D eigenvalue weighted by Crippen LogP contribution is -2.03. The van der Waals surface area contributed by atoms with E-state index in [1.807, 2.05) is 0 Å². The zero-order valence-corrected chi connectivity index (χ0v) is 11.4. The van der Waals surface area contributed by atoms with E-state index in [0.29, 0.717) is 0 Å². The van der Waals surface area contributed by atoms with E-state index < -0.39 is 0 Å². The van der Waals surface area contributed by atoms with Crippen LogP contribution < -0.4 is 0 Å². The summed E-state index contributed by atoms with van der Waals surface area (Å²) in [6.45, 7) is 0. The summed E-state index contributed by atoms with van der Waals surface area (Å²) in [5.74, 6) is 0.832. The molecule has 1 aliphatic carbocycles. The summed E-state index contributed by atoms with van der Waals surface area (Å²) < 4.78 is 1.46. The fourth-order valence-corrected chi connectivity index (χ4v) is 3.40. The zero-order chi connectivity index (χ0) is 10.5. The molecule has 15 heavy (non-hydrogen) atoms. The number of hydrogen-bond acceptors (Lipinski definition) is 0. The van der Waals surface area contributed by atoms with Crippen LogP contribution in [0, 0.1) is 3.57 Å². The van der Waals surface area contributed by atoms with Gasteiger partial charge in [0.25, 0.3) is 0 Å². The van der Waals surface area contributed by atoms with Crippen molar-refractivity contribution in [2.75, 3.05) is 0 Å². The van der Waals surface area contributed by atoms with Gasteiger partial charge >= 0.3 is 0 Å². The Labute approximate surface area is 107 Å². The Morgan fingerprint density at radius 3 is 2.13 bits per heavy atom. The minimum Gasteiger partial charge on any atom is -0.0619 e. The highest BCUT2D eigenvalue weighted by atomic mass is 127. The molecule has 1 aliphatic rings. The van der Waals surface area contributed by atoms with Crippen LogP contribution >= 0.6 is 22.6 Å². The molecule has 0 aliphatic heterocycles. The van der Waals surface area contributed by atoms with Gasteiger partial charge in [-0.2, -0.15) is 0 Å². The van der Waals surface area contributed by atoms with Crippen LogP contribution in [-0.4, -0.2) is 0 Å². The van der Waals surface area contributed by atoms with Gasteiger partial charge in [0.2, 0.25) is 0 Å².